The fraction of sp³-hybridized carbons (Fsp3) is 0.333. The highest BCUT2D eigenvalue weighted by Crippen LogP contribution is 2.33. The molecule has 5 nitrogen and oxygen atoms in total. The van der Waals surface area contributed by atoms with E-state index in [9.17, 15) is 4.79 Å². The van der Waals surface area contributed by atoms with Gasteiger partial charge in [0.15, 0.2) is 0 Å². The van der Waals surface area contributed by atoms with E-state index in [0.717, 1.165) is 42.6 Å². The predicted octanol–water partition coefficient (Wildman–Crippen LogP) is 2.99. The second kappa shape index (κ2) is 6.18. The summed E-state index contributed by atoms with van der Waals surface area (Å²) in [4.78, 5) is 19.1. The summed E-state index contributed by atoms with van der Waals surface area (Å²) in [5.41, 5.74) is 2.52. The number of rotatable bonds is 2. The van der Waals surface area contributed by atoms with Crippen molar-refractivity contribution in [2.45, 2.75) is 25.0 Å². The smallest absolute Gasteiger partial charge is 0.255 e. The van der Waals surface area contributed by atoms with Crippen LogP contribution in [-0.4, -0.2) is 34.5 Å². The zero-order chi connectivity index (χ0) is 16.6. The Bertz CT molecular complexity index is 757. The number of likely N-dealkylation sites (tertiary alicyclic amines) is 1. The minimum atomic E-state index is -0.330. The molecule has 124 valence electrons. The maximum absolute atomic E-state index is 12.5. The van der Waals surface area contributed by atoms with Gasteiger partial charge >= 0.3 is 0 Å². The van der Waals surface area contributed by atoms with Gasteiger partial charge in [-0.15, -0.1) is 0 Å². The van der Waals surface area contributed by atoms with Crippen LogP contribution in [0.25, 0.3) is 0 Å². The molecule has 0 unspecified atom stereocenters. The topological polar surface area (TPSA) is 57.3 Å². The number of carbonyl (C=O) groups is 1. The quantitative estimate of drug-likeness (QED) is 0.832. The van der Waals surface area contributed by atoms with Gasteiger partial charge in [0.1, 0.15) is 5.66 Å². The van der Waals surface area contributed by atoms with E-state index >= 15 is 0 Å². The van der Waals surface area contributed by atoms with Crippen molar-refractivity contribution in [2.75, 3.05) is 18.4 Å². The number of hydrogen-bond acceptors (Lipinski definition) is 4. The Balaban J connectivity index is 1.45. The highest BCUT2D eigenvalue weighted by atomic mass is 79.9. The molecule has 0 atom stereocenters. The van der Waals surface area contributed by atoms with Crippen LogP contribution in [0.5, 0.6) is 0 Å². The number of nitrogens with one attached hydrogen (secondary N) is 2. The van der Waals surface area contributed by atoms with Crippen molar-refractivity contribution in [3.8, 4) is 0 Å². The van der Waals surface area contributed by atoms with Crippen LogP contribution in [0.2, 0.25) is 0 Å². The van der Waals surface area contributed by atoms with Crippen LogP contribution >= 0.6 is 15.9 Å². The molecule has 1 amide bonds. The molecule has 3 heterocycles. The lowest BCUT2D eigenvalue weighted by molar-refractivity contribution is 0.0822. The van der Waals surface area contributed by atoms with Gasteiger partial charge < -0.3 is 10.6 Å². The number of halogens is 1. The number of amides is 1. The predicted molar refractivity (Wildman–Crippen MR) is 96.7 cm³/mol. The first kappa shape index (κ1) is 15.6. The molecule has 1 aromatic heterocycles. The lowest BCUT2D eigenvalue weighted by atomic mass is 9.92. The Hall–Kier alpha value is -1.92. The standard InChI is InChI=1S/C18H19BrN4O/c19-14-3-4-16-15(10-14)17(24)22-18(21-16)5-8-23(9-6-18)12-13-2-1-7-20-11-13/h1-4,7,10-11,21H,5-6,8-9,12H2,(H,22,24). The van der Waals surface area contributed by atoms with Crippen LogP contribution in [0, 0.1) is 0 Å². The number of piperidine rings is 1. The Morgan fingerprint density at radius 1 is 1.21 bits per heavy atom. The summed E-state index contributed by atoms with van der Waals surface area (Å²) < 4.78 is 0.917. The molecule has 4 rings (SSSR count). The first-order chi connectivity index (χ1) is 11.6. The van der Waals surface area contributed by atoms with E-state index in [1.165, 1.54) is 5.56 Å². The third-order valence-electron chi connectivity index (χ3n) is 4.79. The van der Waals surface area contributed by atoms with E-state index in [1.807, 2.05) is 30.5 Å². The SMILES string of the molecule is O=C1NC2(CCN(Cc3cccnc3)CC2)Nc2ccc(Br)cc21. The number of carbonyl (C=O) groups excluding carboxylic acids is 1. The zero-order valence-electron chi connectivity index (χ0n) is 13.3. The molecule has 2 aliphatic heterocycles. The summed E-state index contributed by atoms with van der Waals surface area (Å²) in [5, 5.41) is 6.75. The Kier molecular flexibility index (Phi) is 4.02. The molecular weight excluding hydrogens is 368 g/mol. The maximum atomic E-state index is 12.5. The number of pyridine rings is 1. The van der Waals surface area contributed by atoms with Gasteiger partial charge in [-0.2, -0.15) is 0 Å². The molecule has 1 spiro atoms. The van der Waals surface area contributed by atoms with Gasteiger partial charge in [0.2, 0.25) is 0 Å². The minimum Gasteiger partial charge on any atom is -0.362 e. The highest BCUT2D eigenvalue weighted by Gasteiger charge is 2.40. The van der Waals surface area contributed by atoms with Crippen LogP contribution < -0.4 is 10.6 Å². The molecule has 1 fully saturated rings. The molecule has 6 heteroatoms. The number of aromatic nitrogens is 1. The minimum absolute atomic E-state index is 0.00533. The molecule has 0 aliphatic carbocycles. The fourth-order valence-corrected chi connectivity index (χ4v) is 3.84. The fourth-order valence-electron chi connectivity index (χ4n) is 3.48. The van der Waals surface area contributed by atoms with E-state index in [0.29, 0.717) is 5.56 Å². The molecule has 1 saturated heterocycles. The highest BCUT2D eigenvalue weighted by molar-refractivity contribution is 9.10. The summed E-state index contributed by atoms with van der Waals surface area (Å²) in [7, 11) is 0. The molecule has 24 heavy (non-hydrogen) atoms. The van der Waals surface area contributed by atoms with Crippen LogP contribution in [0.1, 0.15) is 28.8 Å². The number of hydrogen-bond donors (Lipinski definition) is 2. The van der Waals surface area contributed by atoms with Crippen molar-refractivity contribution < 1.29 is 4.79 Å². The van der Waals surface area contributed by atoms with Crippen molar-refractivity contribution in [3.63, 3.8) is 0 Å². The molecule has 0 radical (unpaired) electrons. The van der Waals surface area contributed by atoms with E-state index in [4.69, 9.17) is 0 Å². The van der Waals surface area contributed by atoms with Gasteiger partial charge in [0, 0.05) is 55.0 Å². The van der Waals surface area contributed by atoms with Crippen molar-refractivity contribution in [1.82, 2.24) is 15.2 Å². The number of fused-ring (bicyclic) bond motifs is 1. The van der Waals surface area contributed by atoms with E-state index < -0.39 is 0 Å². The summed E-state index contributed by atoms with van der Waals surface area (Å²) in [6.45, 7) is 2.78. The number of nitrogens with zero attached hydrogens (tertiary/aromatic N) is 2. The largest absolute Gasteiger partial charge is 0.362 e. The Labute approximate surface area is 149 Å². The molecule has 2 aliphatic rings. The van der Waals surface area contributed by atoms with Crippen LogP contribution in [0.4, 0.5) is 5.69 Å². The lowest BCUT2D eigenvalue weighted by Gasteiger charge is -2.46. The molecule has 0 saturated carbocycles. The van der Waals surface area contributed by atoms with Crippen molar-refractivity contribution in [3.05, 3.63) is 58.3 Å². The van der Waals surface area contributed by atoms with Gasteiger partial charge in [0.05, 0.1) is 5.56 Å². The average molecular weight is 387 g/mol. The van der Waals surface area contributed by atoms with Crippen LogP contribution in [-0.2, 0) is 6.54 Å². The molecule has 2 N–H and O–H groups in total. The third kappa shape index (κ3) is 3.03. The van der Waals surface area contributed by atoms with Crippen molar-refractivity contribution in [2.24, 2.45) is 0 Å². The maximum Gasteiger partial charge on any atom is 0.255 e. The van der Waals surface area contributed by atoms with E-state index in [2.05, 4.69) is 42.5 Å². The normalized spacial score (nSPS) is 19.5. The van der Waals surface area contributed by atoms with E-state index in [1.54, 1.807) is 6.20 Å². The van der Waals surface area contributed by atoms with Crippen LogP contribution in [0.15, 0.2) is 47.2 Å². The third-order valence-corrected chi connectivity index (χ3v) is 5.28. The van der Waals surface area contributed by atoms with Crippen molar-refractivity contribution in [1.29, 1.82) is 0 Å². The van der Waals surface area contributed by atoms with Gasteiger partial charge in [-0.25, -0.2) is 0 Å². The van der Waals surface area contributed by atoms with Gasteiger partial charge in [0.25, 0.3) is 5.91 Å². The second-order valence-electron chi connectivity index (χ2n) is 6.49. The van der Waals surface area contributed by atoms with Crippen molar-refractivity contribution >= 4 is 27.5 Å². The monoisotopic (exact) mass is 386 g/mol. The Morgan fingerprint density at radius 3 is 2.79 bits per heavy atom. The summed E-state index contributed by atoms with van der Waals surface area (Å²) in [5.74, 6) is 0.00533. The average Bonchev–Trinajstić information content (AvgIpc) is 2.59. The van der Waals surface area contributed by atoms with Crippen LogP contribution in [0.3, 0.4) is 0 Å². The lowest BCUT2D eigenvalue weighted by Crippen LogP contribution is -2.62. The van der Waals surface area contributed by atoms with Gasteiger partial charge in [-0.05, 0) is 29.8 Å². The molecule has 0 bridgehead atoms. The number of benzene rings is 1. The summed E-state index contributed by atoms with van der Waals surface area (Å²) >= 11 is 3.43. The molecule has 1 aromatic carbocycles. The zero-order valence-corrected chi connectivity index (χ0v) is 14.8. The molecular formula is C18H19BrN4O. The first-order valence-electron chi connectivity index (χ1n) is 8.15. The van der Waals surface area contributed by atoms with Gasteiger partial charge in [-0.3, -0.25) is 14.7 Å². The Morgan fingerprint density at radius 2 is 2.04 bits per heavy atom. The summed E-state index contributed by atoms with van der Waals surface area (Å²) in [6.07, 6.45) is 5.48. The second-order valence-corrected chi connectivity index (χ2v) is 7.40. The van der Waals surface area contributed by atoms with Gasteiger partial charge in [-0.1, -0.05) is 22.0 Å². The first-order valence-corrected chi connectivity index (χ1v) is 8.94. The summed E-state index contributed by atoms with van der Waals surface area (Å²) in [6, 6.07) is 9.88. The molecule has 2 aromatic rings. The van der Waals surface area contributed by atoms with E-state index in [-0.39, 0.29) is 11.6 Å². The number of anilines is 1.